The van der Waals surface area contributed by atoms with Gasteiger partial charge in [-0.25, -0.2) is 0 Å². The van der Waals surface area contributed by atoms with Crippen LogP contribution in [0.4, 0.5) is 5.69 Å². The molecule has 0 aromatic heterocycles. The normalized spacial score (nSPS) is 19.8. The third-order valence-electron chi connectivity index (χ3n) is 7.27. The Morgan fingerprint density at radius 2 is 1.38 bits per heavy atom. The first-order valence-corrected chi connectivity index (χ1v) is 12.1. The Morgan fingerprint density at radius 3 is 2.00 bits per heavy atom. The maximum Gasteiger partial charge on any atom is 0.253 e. The van der Waals surface area contributed by atoms with Crippen LogP contribution >= 0.6 is 0 Å². The van der Waals surface area contributed by atoms with E-state index in [0.717, 1.165) is 76.9 Å². The van der Waals surface area contributed by atoms with Crippen molar-refractivity contribution in [3.63, 3.8) is 0 Å². The summed E-state index contributed by atoms with van der Waals surface area (Å²) in [7, 11) is 0. The Labute approximate surface area is 191 Å². The van der Waals surface area contributed by atoms with E-state index in [1.807, 2.05) is 23.1 Å². The molecule has 0 radical (unpaired) electrons. The number of benzene rings is 2. The van der Waals surface area contributed by atoms with Crippen LogP contribution in [0.15, 0.2) is 54.6 Å². The van der Waals surface area contributed by atoms with E-state index in [1.165, 1.54) is 11.3 Å². The predicted octanol–water partition coefficient (Wildman–Crippen LogP) is 3.84. The highest BCUT2D eigenvalue weighted by atomic mass is 16.2. The molecule has 1 saturated carbocycles. The molecule has 2 aliphatic heterocycles. The van der Waals surface area contributed by atoms with E-state index >= 15 is 0 Å². The third kappa shape index (κ3) is 4.82. The number of nitrogens with zero attached hydrogens (tertiary/aromatic N) is 3. The second-order valence-corrected chi connectivity index (χ2v) is 9.56. The van der Waals surface area contributed by atoms with Crippen molar-refractivity contribution in [1.82, 2.24) is 9.80 Å². The van der Waals surface area contributed by atoms with Crippen LogP contribution in [0, 0.1) is 11.8 Å². The van der Waals surface area contributed by atoms with Crippen molar-refractivity contribution < 1.29 is 9.59 Å². The summed E-state index contributed by atoms with van der Waals surface area (Å²) in [5.74, 6) is 1.48. The number of hydrogen-bond acceptors (Lipinski definition) is 3. The lowest BCUT2D eigenvalue weighted by Gasteiger charge is -2.36. The topological polar surface area (TPSA) is 43.9 Å². The fourth-order valence-corrected chi connectivity index (χ4v) is 5.05. The molecule has 2 aromatic rings. The molecule has 0 bridgehead atoms. The lowest BCUT2D eigenvalue weighted by Crippen LogP contribution is -2.48. The van der Waals surface area contributed by atoms with E-state index in [2.05, 4.69) is 46.2 Å². The summed E-state index contributed by atoms with van der Waals surface area (Å²) in [4.78, 5) is 31.6. The highest BCUT2D eigenvalue weighted by Crippen LogP contribution is 2.33. The molecule has 0 spiro atoms. The first-order chi connectivity index (χ1) is 15.7. The monoisotopic (exact) mass is 431 g/mol. The van der Waals surface area contributed by atoms with E-state index in [9.17, 15) is 9.59 Å². The largest absolute Gasteiger partial charge is 0.368 e. The van der Waals surface area contributed by atoms with Crippen LogP contribution in [0.1, 0.15) is 41.6 Å². The lowest BCUT2D eigenvalue weighted by molar-refractivity contribution is -0.133. The van der Waals surface area contributed by atoms with Crippen molar-refractivity contribution in [2.45, 2.75) is 32.1 Å². The smallest absolute Gasteiger partial charge is 0.253 e. The number of para-hydroxylation sites is 1. The number of likely N-dealkylation sites (tertiary alicyclic amines) is 1. The van der Waals surface area contributed by atoms with Crippen LogP contribution in [0.2, 0.25) is 0 Å². The number of amides is 2. The van der Waals surface area contributed by atoms with Gasteiger partial charge in [-0.1, -0.05) is 30.3 Å². The van der Waals surface area contributed by atoms with Gasteiger partial charge in [0.1, 0.15) is 0 Å². The molecule has 0 atom stereocenters. The molecule has 0 unspecified atom stereocenters. The highest BCUT2D eigenvalue weighted by Gasteiger charge is 2.34. The molecule has 0 N–H and O–H groups in total. The van der Waals surface area contributed by atoms with Crippen LogP contribution < -0.4 is 4.90 Å². The summed E-state index contributed by atoms with van der Waals surface area (Å²) in [6.07, 6.45) is 5.39. The predicted molar refractivity (Wildman–Crippen MR) is 127 cm³/mol. The van der Waals surface area contributed by atoms with Gasteiger partial charge < -0.3 is 14.7 Å². The number of rotatable bonds is 5. The zero-order valence-electron chi connectivity index (χ0n) is 18.8. The van der Waals surface area contributed by atoms with E-state index in [1.54, 1.807) is 0 Å². The Hall–Kier alpha value is -2.82. The van der Waals surface area contributed by atoms with Gasteiger partial charge in [0, 0.05) is 56.4 Å². The molecule has 5 heteroatoms. The number of carbonyl (C=O) groups is 2. The molecule has 5 nitrogen and oxygen atoms in total. The third-order valence-corrected chi connectivity index (χ3v) is 7.27. The van der Waals surface area contributed by atoms with Crippen molar-refractivity contribution in [2.24, 2.45) is 11.8 Å². The second-order valence-electron chi connectivity index (χ2n) is 9.56. The molecule has 2 saturated heterocycles. The van der Waals surface area contributed by atoms with Crippen molar-refractivity contribution >= 4 is 17.5 Å². The van der Waals surface area contributed by atoms with E-state index in [0.29, 0.717) is 17.7 Å². The van der Waals surface area contributed by atoms with Crippen molar-refractivity contribution in [3.05, 3.63) is 65.7 Å². The maximum atomic E-state index is 13.0. The van der Waals surface area contributed by atoms with Gasteiger partial charge in [-0.2, -0.15) is 0 Å². The van der Waals surface area contributed by atoms with E-state index in [-0.39, 0.29) is 5.91 Å². The number of piperidine rings is 1. The quantitative estimate of drug-likeness (QED) is 0.723. The van der Waals surface area contributed by atoms with Gasteiger partial charge in [0.25, 0.3) is 5.91 Å². The summed E-state index contributed by atoms with van der Waals surface area (Å²) in [5, 5.41) is 0. The average molecular weight is 432 g/mol. The molecule has 168 valence electrons. The summed E-state index contributed by atoms with van der Waals surface area (Å²) in [6, 6.07) is 18.6. The average Bonchev–Trinajstić information content (AvgIpc) is 3.71. The molecule has 2 heterocycles. The molecule has 2 aromatic carbocycles. The minimum absolute atomic E-state index is 0.135. The summed E-state index contributed by atoms with van der Waals surface area (Å²) >= 11 is 0. The van der Waals surface area contributed by atoms with Crippen LogP contribution in [-0.4, -0.2) is 60.9 Å². The fraction of sp³-hybridized carbons (Fsp3) is 0.481. The molecule has 1 aliphatic carbocycles. The zero-order chi connectivity index (χ0) is 21.9. The summed E-state index contributed by atoms with van der Waals surface area (Å²) < 4.78 is 0. The Morgan fingerprint density at radius 1 is 0.719 bits per heavy atom. The van der Waals surface area contributed by atoms with Crippen LogP contribution in [0.5, 0.6) is 0 Å². The van der Waals surface area contributed by atoms with Gasteiger partial charge in [-0.3, -0.25) is 9.59 Å². The highest BCUT2D eigenvalue weighted by molar-refractivity contribution is 5.94. The lowest BCUT2D eigenvalue weighted by atomic mass is 9.89. The van der Waals surface area contributed by atoms with Gasteiger partial charge in [0.15, 0.2) is 0 Å². The number of anilines is 1. The fourth-order valence-electron chi connectivity index (χ4n) is 5.05. The molecule has 5 rings (SSSR count). The van der Waals surface area contributed by atoms with Crippen molar-refractivity contribution in [3.8, 4) is 0 Å². The van der Waals surface area contributed by atoms with Crippen molar-refractivity contribution in [1.29, 1.82) is 0 Å². The SMILES string of the molecule is O=C(c1ccc(CC2CCN(C(=O)C3CC3)CC2)cc1)N1CCN(c2ccccc2)CC1. The van der Waals surface area contributed by atoms with Gasteiger partial charge in [0.2, 0.25) is 5.91 Å². The van der Waals surface area contributed by atoms with E-state index < -0.39 is 0 Å². The number of hydrogen-bond donors (Lipinski definition) is 0. The first-order valence-electron chi connectivity index (χ1n) is 12.1. The van der Waals surface area contributed by atoms with Gasteiger partial charge in [0.05, 0.1) is 0 Å². The minimum Gasteiger partial charge on any atom is -0.368 e. The second kappa shape index (κ2) is 9.35. The zero-order valence-corrected chi connectivity index (χ0v) is 18.8. The van der Waals surface area contributed by atoms with E-state index in [4.69, 9.17) is 0 Å². The van der Waals surface area contributed by atoms with Crippen LogP contribution in [-0.2, 0) is 11.2 Å². The van der Waals surface area contributed by atoms with Gasteiger partial charge in [-0.15, -0.1) is 0 Å². The Balaban J connectivity index is 1.10. The molecular weight excluding hydrogens is 398 g/mol. The number of piperazine rings is 1. The van der Waals surface area contributed by atoms with Crippen molar-refractivity contribution in [2.75, 3.05) is 44.2 Å². The first kappa shape index (κ1) is 21.0. The molecule has 32 heavy (non-hydrogen) atoms. The van der Waals surface area contributed by atoms with Gasteiger partial charge in [-0.05, 0) is 67.9 Å². The van der Waals surface area contributed by atoms with Gasteiger partial charge >= 0.3 is 0 Å². The summed E-state index contributed by atoms with van der Waals surface area (Å²) in [5.41, 5.74) is 3.31. The standard InChI is InChI=1S/C27H33N3O2/c31-26(24-10-11-24)29-14-12-22(13-15-29)20-21-6-8-23(9-7-21)27(32)30-18-16-28(17-19-30)25-4-2-1-3-5-25/h1-9,22,24H,10-20H2. The molecular formula is C27H33N3O2. The van der Waals surface area contributed by atoms with Crippen LogP contribution in [0.3, 0.4) is 0 Å². The molecule has 3 aliphatic rings. The summed E-state index contributed by atoms with van der Waals surface area (Å²) in [6.45, 7) is 5.07. The maximum absolute atomic E-state index is 13.0. The number of carbonyl (C=O) groups excluding carboxylic acids is 2. The molecule has 3 fully saturated rings. The minimum atomic E-state index is 0.135. The van der Waals surface area contributed by atoms with Crippen LogP contribution in [0.25, 0.3) is 0 Å². The Bertz CT molecular complexity index is 923. The molecule has 2 amide bonds. The Kier molecular flexibility index (Phi) is 6.15.